The Bertz CT molecular complexity index is 576. The van der Waals surface area contributed by atoms with Gasteiger partial charge in [0.25, 0.3) is 0 Å². The van der Waals surface area contributed by atoms with E-state index >= 15 is 0 Å². The quantitative estimate of drug-likeness (QED) is 0.869. The molecule has 1 amide bonds. The normalized spacial score (nSPS) is 15.3. The highest BCUT2D eigenvalue weighted by Crippen LogP contribution is 2.25. The fourth-order valence-corrected chi connectivity index (χ4v) is 2.02. The third-order valence-corrected chi connectivity index (χ3v) is 3.03. The molecule has 1 aliphatic rings. The van der Waals surface area contributed by atoms with Crippen LogP contribution in [0.4, 0.5) is 4.79 Å². The molecule has 1 aromatic carbocycles. The Morgan fingerprint density at radius 2 is 2.05 bits per heavy atom. The van der Waals surface area contributed by atoms with Crippen molar-refractivity contribution in [3.8, 4) is 5.75 Å². The summed E-state index contributed by atoms with van der Waals surface area (Å²) in [6.07, 6.45) is -0.615. The number of Topliss-reactive ketones (excluding diaryl/α,β-unsaturated/α-hetero) is 1. The molecule has 0 saturated carbocycles. The number of fused-ring (bicyclic) bond motifs is 1. The van der Waals surface area contributed by atoms with Gasteiger partial charge in [0.15, 0.2) is 12.6 Å². The van der Waals surface area contributed by atoms with Crippen molar-refractivity contribution < 1.29 is 23.8 Å². The van der Waals surface area contributed by atoms with Crippen LogP contribution in [0.15, 0.2) is 18.2 Å². The SMILES string of the molecule is C[C@H](NC(=O)OC(C)(C)C)C(=O)c1ccc2c(c1)OCOC2. The van der Waals surface area contributed by atoms with Crippen molar-refractivity contribution in [2.75, 3.05) is 6.79 Å². The Hall–Kier alpha value is -2.08. The van der Waals surface area contributed by atoms with Gasteiger partial charge in [-0.2, -0.15) is 0 Å². The van der Waals surface area contributed by atoms with Crippen LogP contribution in [0.25, 0.3) is 0 Å². The summed E-state index contributed by atoms with van der Waals surface area (Å²) in [5.74, 6) is 0.435. The Morgan fingerprint density at radius 1 is 1.32 bits per heavy atom. The maximum atomic E-state index is 12.4. The zero-order valence-electron chi connectivity index (χ0n) is 13.3. The van der Waals surface area contributed by atoms with E-state index in [9.17, 15) is 9.59 Å². The molecule has 120 valence electrons. The molecule has 22 heavy (non-hydrogen) atoms. The molecule has 1 N–H and O–H groups in total. The summed E-state index contributed by atoms with van der Waals surface area (Å²) in [6.45, 7) is 7.56. The minimum Gasteiger partial charge on any atom is -0.467 e. The van der Waals surface area contributed by atoms with Crippen LogP contribution in [0, 0.1) is 0 Å². The van der Waals surface area contributed by atoms with Crippen LogP contribution < -0.4 is 10.1 Å². The number of amides is 1. The van der Waals surface area contributed by atoms with Crippen molar-refractivity contribution in [1.82, 2.24) is 5.32 Å². The van der Waals surface area contributed by atoms with Gasteiger partial charge in [0.05, 0.1) is 12.6 Å². The van der Waals surface area contributed by atoms with E-state index in [1.54, 1.807) is 45.9 Å². The third-order valence-electron chi connectivity index (χ3n) is 3.03. The number of alkyl carbamates (subject to hydrolysis) is 1. The summed E-state index contributed by atoms with van der Waals surface area (Å²) in [6, 6.07) is 4.48. The van der Waals surface area contributed by atoms with Crippen molar-refractivity contribution in [1.29, 1.82) is 0 Å². The molecule has 0 fully saturated rings. The standard InChI is InChI=1S/C16H21NO5/c1-10(17-15(19)22-16(2,3)4)14(18)11-5-6-12-8-20-9-21-13(12)7-11/h5-7,10H,8-9H2,1-4H3,(H,17,19)/t10-/m0/s1. The molecule has 0 saturated heterocycles. The molecule has 1 atom stereocenters. The molecule has 0 aromatic heterocycles. The predicted molar refractivity (Wildman–Crippen MR) is 79.9 cm³/mol. The van der Waals surface area contributed by atoms with Gasteiger partial charge in [0.2, 0.25) is 0 Å². The fraction of sp³-hybridized carbons (Fsp3) is 0.500. The lowest BCUT2D eigenvalue weighted by Gasteiger charge is -2.22. The van der Waals surface area contributed by atoms with Crippen LogP contribution >= 0.6 is 0 Å². The molecular formula is C16H21NO5. The third kappa shape index (κ3) is 4.21. The van der Waals surface area contributed by atoms with Crippen molar-refractivity contribution in [2.24, 2.45) is 0 Å². The minimum absolute atomic E-state index is 0.177. The maximum absolute atomic E-state index is 12.4. The molecule has 2 rings (SSSR count). The van der Waals surface area contributed by atoms with E-state index in [2.05, 4.69) is 5.32 Å². The number of nitrogens with one attached hydrogen (secondary N) is 1. The van der Waals surface area contributed by atoms with Gasteiger partial charge >= 0.3 is 6.09 Å². The van der Waals surface area contributed by atoms with Crippen LogP contribution in [-0.4, -0.2) is 30.3 Å². The van der Waals surface area contributed by atoms with Gasteiger partial charge in [0, 0.05) is 11.1 Å². The molecule has 0 radical (unpaired) electrons. The molecule has 0 aliphatic carbocycles. The van der Waals surface area contributed by atoms with E-state index in [4.69, 9.17) is 14.2 Å². The summed E-state index contributed by atoms with van der Waals surface area (Å²) < 4.78 is 15.7. The Labute approximate surface area is 129 Å². The van der Waals surface area contributed by atoms with E-state index in [1.165, 1.54) is 0 Å². The van der Waals surface area contributed by atoms with Crippen molar-refractivity contribution in [3.63, 3.8) is 0 Å². The lowest BCUT2D eigenvalue weighted by Crippen LogP contribution is -2.41. The van der Waals surface area contributed by atoms with Gasteiger partial charge in [-0.1, -0.05) is 12.1 Å². The summed E-state index contributed by atoms with van der Waals surface area (Å²) in [5.41, 5.74) is 0.770. The zero-order chi connectivity index (χ0) is 16.3. The number of carbonyl (C=O) groups excluding carboxylic acids is 2. The van der Waals surface area contributed by atoms with E-state index in [1.807, 2.05) is 0 Å². The number of hydrogen-bond donors (Lipinski definition) is 1. The highest BCUT2D eigenvalue weighted by atomic mass is 16.7. The van der Waals surface area contributed by atoms with Gasteiger partial charge in [-0.15, -0.1) is 0 Å². The Morgan fingerprint density at radius 3 is 2.73 bits per heavy atom. The number of rotatable bonds is 3. The fourth-order valence-electron chi connectivity index (χ4n) is 2.02. The lowest BCUT2D eigenvalue weighted by molar-refractivity contribution is -0.0164. The predicted octanol–water partition coefficient (Wildman–Crippen LogP) is 2.65. The summed E-state index contributed by atoms with van der Waals surface area (Å²) in [5, 5.41) is 2.54. The van der Waals surface area contributed by atoms with Crippen LogP contribution in [0.1, 0.15) is 43.6 Å². The van der Waals surface area contributed by atoms with Crippen LogP contribution in [0.2, 0.25) is 0 Å². The number of benzene rings is 1. The van der Waals surface area contributed by atoms with Crippen LogP contribution in [-0.2, 0) is 16.1 Å². The van der Waals surface area contributed by atoms with Crippen molar-refractivity contribution in [3.05, 3.63) is 29.3 Å². The van der Waals surface area contributed by atoms with E-state index in [-0.39, 0.29) is 12.6 Å². The van der Waals surface area contributed by atoms with Gasteiger partial charge in [0.1, 0.15) is 11.4 Å². The number of ether oxygens (including phenoxy) is 3. The topological polar surface area (TPSA) is 73.9 Å². The Kier molecular flexibility index (Phi) is 4.71. The molecule has 6 heteroatoms. The summed E-state index contributed by atoms with van der Waals surface area (Å²) in [4.78, 5) is 24.1. The van der Waals surface area contributed by atoms with Crippen molar-refractivity contribution in [2.45, 2.75) is 45.9 Å². The van der Waals surface area contributed by atoms with E-state index in [0.29, 0.717) is 17.9 Å². The van der Waals surface area contributed by atoms with Gasteiger partial charge in [-0.25, -0.2) is 4.79 Å². The van der Waals surface area contributed by atoms with E-state index < -0.39 is 17.7 Å². The van der Waals surface area contributed by atoms with E-state index in [0.717, 1.165) is 5.56 Å². The summed E-state index contributed by atoms with van der Waals surface area (Å²) >= 11 is 0. The van der Waals surface area contributed by atoms with Gasteiger partial charge in [-0.05, 0) is 33.8 Å². The second kappa shape index (κ2) is 6.36. The average Bonchev–Trinajstić information content (AvgIpc) is 2.43. The molecule has 1 aliphatic heterocycles. The first-order chi connectivity index (χ1) is 10.3. The molecule has 1 aromatic rings. The molecular weight excluding hydrogens is 286 g/mol. The maximum Gasteiger partial charge on any atom is 0.408 e. The molecule has 6 nitrogen and oxygen atoms in total. The molecule has 1 heterocycles. The average molecular weight is 307 g/mol. The summed E-state index contributed by atoms with van der Waals surface area (Å²) in [7, 11) is 0. The number of carbonyl (C=O) groups is 2. The van der Waals surface area contributed by atoms with Crippen molar-refractivity contribution >= 4 is 11.9 Å². The smallest absolute Gasteiger partial charge is 0.408 e. The number of ketones is 1. The van der Waals surface area contributed by atoms with Crippen LogP contribution in [0.5, 0.6) is 5.75 Å². The number of hydrogen-bond acceptors (Lipinski definition) is 5. The molecule has 0 bridgehead atoms. The van der Waals surface area contributed by atoms with Gasteiger partial charge < -0.3 is 19.5 Å². The highest BCUT2D eigenvalue weighted by molar-refractivity contribution is 6.01. The monoisotopic (exact) mass is 307 g/mol. The highest BCUT2D eigenvalue weighted by Gasteiger charge is 2.23. The zero-order valence-corrected chi connectivity index (χ0v) is 13.3. The Balaban J connectivity index is 2.03. The van der Waals surface area contributed by atoms with Gasteiger partial charge in [-0.3, -0.25) is 4.79 Å². The van der Waals surface area contributed by atoms with Crippen LogP contribution in [0.3, 0.4) is 0 Å². The first-order valence-corrected chi connectivity index (χ1v) is 7.13. The largest absolute Gasteiger partial charge is 0.467 e. The molecule has 0 spiro atoms. The lowest BCUT2D eigenvalue weighted by atomic mass is 10.0. The minimum atomic E-state index is -0.687. The molecule has 0 unspecified atom stereocenters. The second-order valence-corrected chi connectivity index (χ2v) is 6.17. The first-order valence-electron chi connectivity index (χ1n) is 7.13. The second-order valence-electron chi connectivity index (χ2n) is 6.17. The first kappa shape index (κ1) is 16.3.